The van der Waals surface area contributed by atoms with E-state index in [1.807, 2.05) is 0 Å². The average molecular weight is 347 g/mol. The summed E-state index contributed by atoms with van der Waals surface area (Å²) in [5.41, 5.74) is 6.25. The Labute approximate surface area is 128 Å². The zero-order valence-electron chi connectivity index (χ0n) is 11.5. The number of imidazole rings is 1. The van der Waals surface area contributed by atoms with Crippen LogP contribution in [0.2, 0.25) is 0 Å². The van der Waals surface area contributed by atoms with Crippen molar-refractivity contribution in [2.75, 3.05) is 12.3 Å². The van der Waals surface area contributed by atoms with Gasteiger partial charge in [-0.05, 0) is 0 Å². The van der Waals surface area contributed by atoms with Crippen LogP contribution in [0.15, 0.2) is 12.7 Å². The molecule has 4 atom stereocenters. The molecule has 12 nitrogen and oxygen atoms in total. The number of aliphatic hydroxyl groups excluding tert-OH is 2. The van der Waals surface area contributed by atoms with Crippen molar-refractivity contribution in [2.45, 2.75) is 24.5 Å². The van der Waals surface area contributed by atoms with E-state index < -0.39 is 39.0 Å². The molecule has 1 aliphatic heterocycles. The van der Waals surface area contributed by atoms with Crippen molar-refractivity contribution in [1.29, 1.82) is 0 Å². The molecular formula is C10H14N5O7P. The van der Waals surface area contributed by atoms with E-state index >= 15 is 0 Å². The van der Waals surface area contributed by atoms with Gasteiger partial charge in [0.25, 0.3) is 0 Å². The van der Waals surface area contributed by atoms with Crippen LogP contribution >= 0.6 is 7.82 Å². The van der Waals surface area contributed by atoms with Gasteiger partial charge in [-0.1, -0.05) is 0 Å². The lowest BCUT2D eigenvalue weighted by Gasteiger charge is -2.16. The molecule has 3 heterocycles. The topological polar surface area (TPSA) is 186 Å². The third-order valence-electron chi connectivity index (χ3n) is 3.41. The third-order valence-corrected chi connectivity index (χ3v) is 3.89. The number of aliphatic hydroxyl groups is 2. The normalized spacial score (nSPS) is 28.5. The number of anilines is 1. The van der Waals surface area contributed by atoms with E-state index in [9.17, 15) is 14.8 Å². The lowest BCUT2D eigenvalue weighted by molar-refractivity contribution is -0.0504. The summed E-state index contributed by atoms with van der Waals surface area (Å²) in [6.45, 7) is -0.594. The molecule has 2 aromatic heterocycles. The van der Waals surface area contributed by atoms with Gasteiger partial charge in [0, 0.05) is 0 Å². The van der Waals surface area contributed by atoms with Crippen LogP contribution in [0.25, 0.3) is 11.2 Å². The lowest BCUT2D eigenvalue weighted by Crippen LogP contribution is -2.33. The van der Waals surface area contributed by atoms with Gasteiger partial charge in [0.15, 0.2) is 17.7 Å². The van der Waals surface area contributed by atoms with Crippen molar-refractivity contribution in [3.05, 3.63) is 12.7 Å². The number of aromatic nitrogens is 4. The minimum Gasteiger partial charge on any atom is -0.387 e. The minimum absolute atomic E-state index is 0.142. The molecular weight excluding hydrogens is 333 g/mol. The fourth-order valence-electron chi connectivity index (χ4n) is 2.32. The molecule has 0 spiro atoms. The summed E-state index contributed by atoms with van der Waals surface area (Å²) in [6.07, 6.45) is -2.49. The molecule has 0 aromatic carbocycles. The molecule has 2 aromatic rings. The number of nitrogen functional groups attached to an aromatic ring is 1. The van der Waals surface area contributed by atoms with Gasteiger partial charge in [0.05, 0.1) is 12.9 Å². The van der Waals surface area contributed by atoms with Crippen molar-refractivity contribution in [3.8, 4) is 0 Å². The van der Waals surface area contributed by atoms with Crippen molar-refractivity contribution in [1.82, 2.24) is 19.5 Å². The van der Waals surface area contributed by atoms with Crippen molar-refractivity contribution in [3.63, 3.8) is 0 Å². The predicted molar refractivity (Wildman–Crippen MR) is 73.7 cm³/mol. The number of phosphoric acid groups is 1. The first-order chi connectivity index (χ1) is 10.8. The van der Waals surface area contributed by atoms with Crippen LogP contribution in [0.3, 0.4) is 0 Å². The van der Waals surface area contributed by atoms with Gasteiger partial charge in [0.1, 0.15) is 30.2 Å². The number of phosphoric ester groups is 1. The number of rotatable bonds is 4. The summed E-state index contributed by atoms with van der Waals surface area (Å²) in [5, 5.41) is 20.1. The molecule has 0 unspecified atom stereocenters. The molecule has 0 aliphatic carbocycles. The van der Waals surface area contributed by atoms with Gasteiger partial charge in [-0.25, -0.2) is 19.5 Å². The molecule has 1 saturated heterocycles. The van der Waals surface area contributed by atoms with Gasteiger partial charge >= 0.3 is 7.82 Å². The second-order valence-corrected chi connectivity index (χ2v) is 6.15. The molecule has 23 heavy (non-hydrogen) atoms. The number of ether oxygens (including phenoxy) is 1. The third kappa shape index (κ3) is 3.05. The average Bonchev–Trinajstić information content (AvgIpc) is 3.01. The monoisotopic (exact) mass is 347 g/mol. The standard InChI is InChI=1S/C10H14N5O7P/c11-8-5-9(13-2-12-8)15(3-14-5)10-7(17)6(16)4(22-10)1-21-23(18,19)20/h2-4,6-7,10,16-17H,1H2,(H2,11,12,13)(H2,18,19,20)/t4-,6+,7-,10+/m0/s1. The maximum Gasteiger partial charge on any atom is 0.469 e. The van der Waals surface area contributed by atoms with E-state index in [4.69, 9.17) is 20.3 Å². The Morgan fingerprint density at radius 1 is 1.30 bits per heavy atom. The Morgan fingerprint density at radius 3 is 2.74 bits per heavy atom. The van der Waals surface area contributed by atoms with E-state index in [0.29, 0.717) is 5.52 Å². The second-order valence-electron chi connectivity index (χ2n) is 4.92. The van der Waals surface area contributed by atoms with Crippen LogP contribution in [0.5, 0.6) is 0 Å². The van der Waals surface area contributed by atoms with Gasteiger partial charge in [-0.2, -0.15) is 0 Å². The Hall–Kier alpha value is -1.66. The molecule has 0 amide bonds. The fourth-order valence-corrected chi connectivity index (χ4v) is 2.66. The number of fused-ring (bicyclic) bond motifs is 1. The molecule has 0 saturated carbocycles. The summed E-state index contributed by atoms with van der Waals surface area (Å²) >= 11 is 0. The number of hydrogen-bond donors (Lipinski definition) is 5. The van der Waals surface area contributed by atoms with E-state index in [2.05, 4.69) is 19.5 Å². The largest absolute Gasteiger partial charge is 0.469 e. The van der Waals surface area contributed by atoms with Crippen LogP contribution < -0.4 is 5.73 Å². The Morgan fingerprint density at radius 2 is 2.04 bits per heavy atom. The summed E-state index contributed by atoms with van der Waals surface area (Å²) < 4.78 is 21.8. The smallest absolute Gasteiger partial charge is 0.387 e. The van der Waals surface area contributed by atoms with E-state index in [0.717, 1.165) is 0 Å². The predicted octanol–water partition coefficient (Wildman–Crippen LogP) is -1.86. The van der Waals surface area contributed by atoms with Gasteiger partial charge < -0.3 is 30.5 Å². The van der Waals surface area contributed by atoms with Gasteiger partial charge in [-0.15, -0.1) is 0 Å². The first kappa shape index (κ1) is 16.2. The lowest BCUT2D eigenvalue weighted by atomic mass is 10.1. The summed E-state index contributed by atoms with van der Waals surface area (Å²) in [5.74, 6) is 0.142. The van der Waals surface area contributed by atoms with Crippen molar-refractivity contribution in [2.24, 2.45) is 0 Å². The number of nitrogens with zero attached hydrogens (tertiary/aromatic N) is 4. The van der Waals surface area contributed by atoms with Crippen LogP contribution in [0, 0.1) is 0 Å². The molecule has 13 heteroatoms. The maximum absolute atomic E-state index is 10.7. The van der Waals surface area contributed by atoms with Crippen LogP contribution in [-0.4, -0.2) is 64.4 Å². The molecule has 1 fully saturated rings. The summed E-state index contributed by atoms with van der Waals surface area (Å²) in [6, 6.07) is 0. The molecule has 126 valence electrons. The Balaban J connectivity index is 1.85. The Kier molecular flexibility index (Phi) is 4.06. The first-order valence-electron chi connectivity index (χ1n) is 6.42. The van der Waals surface area contributed by atoms with Gasteiger partial charge in [-0.3, -0.25) is 9.09 Å². The SMILES string of the molecule is Nc1ncnc2c1ncn2[C@@H]1O[C@@H](COP(=O)(O)O)[C@@H](O)[C@@H]1O. The zero-order valence-corrected chi connectivity index (χ0v) is 12.4. The minimum atomic E-state index is -4.72. The van der Waals surface area contributed by atoms with E-state index in [1.54, 1.807) is 0 Å². The van der Waals surface area contributed by atoms with Crippen molar-refractivity contribution >= 4 is 24.8 Å². The van der Waals surface area contributed by atoms with Crippen LogP contribution in [0.4, 0.5) is 5.82 Å². The quantitative estimate of drug-likeness (QED) is 0.390. The highest BCUT2D eigenvalue weighted by Crippen LogP contribution is 2.38. The summed E-state index contributed by atoms with van der Waals surface area (Å²) in [7, 11) is -4.72. The first-order valence-corrected chi connectivity index (χ1v) is 7.95. The number of nitrogens with two attached hydrogens (primary N) is 1. The van der Waals surface area contributed by atoms with E-state index in [1.165, 1.54) is 17.2 Å². The molecule has 0 radical (unpaired) electrons. The van der Waals surface area contributed by atoms with Crippen LogP contribution in [-0.2, 0) is 13.8 Å². The number of hydrogen-bond acceptors (Lipinski definition) is 9. The molecule has 3 rings (SSSR count). The maximum atomic E-state index is 10.7. The fraction of sp³-hybridized carbons (Fsp3) is 0.500. The highest BCUT2D eigenvalue weighted by molar-refractivity contribution is 7.46. The van der Waals surface area contributed by atoms with Gasteiger partial charge in [0.2, 0.25) is 0 Å². The van der Waals surface area contributed by atoms with E-state index in [-0.39, 0.29) is 11.5 Å². The van der Waals surface area contributed by atoms with Crippen LogP contribution in [0.1, 0.15) is 6.23 Å². The molecule has 6 N–H and O–H groups in total. The molecule has 0 bridgehead atoms. The molecule has 1 aliphatic rings. The highest BCUT2D eigenvalue weighted by Gasteiger charge is 2.45. The summed E-state index contributed by atoms with van der Waals surface area (Å²) in [4.78, 5) is 29.2. The second kappa shape index (κ2) is 5.76. The zero-order chi connectivity index (χ0) is 16.8. The Bertz CT molecular complexity index is 763. The van der Waals surface area contributed by atoms with Crippen molar-refractivity contribution < 1.29 is 33.8 Å². The highest BCUT2D eigenvalue weighted by atomic mass is 31.2.